The molecule has 0 aliphatic heterocycles. The normalized spacial score (nSPS) is 11.8. The van der Waals surface area contributed by atoms with Crippen LogP contribution in [0.1, 0.15) is 16.8 Å². The smallest absolute Gasteiger partial charge is 0.161 e. The molecule has 172 valence electrons. The van der Waals surface area contributed by atoms with Gasteiger partial charge in [0.2, 0.25) is 0 Å². The first kappa shape index (κ1) is 20.8. The molecule has 0 saturated heterocycles. The van der Waals surface area contributed by atoms with Gasteiger partial charge in [0.15, 0.2) is 5.58 Å². The molecule has 0 aliphatic carbocycles. The highest BCUT2D eigenvalue weighted by molar-refractivity contribution is 6.16. The monoisotopic (exact) mass is 465 g/mol. The summed E-state index contributed by atoms with van der Waals surface area (Å²) in [6.07, 6.45) is 5.72. The van der Waals surface area contributed by atoms with E-state index >= 15 is 0 Å². The van der Waals surface area contributed by atoms with Gasteiger partial charge in [-0.05, 0) is 90.9 Å². The SMILES string of the molecule is Cc1ccc2ccc3c4cccc(-c5cc(-c6cc7ccncc7cc6C)c(C)cn5)c4oc3c2n1. The van der Waals surface area contributed by atoms with Crippen molar-refractivity contribution < 1.29 is 4.42 Å². The van der Waals surface area contributed by atoms with E-state index in [0.29, 0.717) is 0 Å². The van der Waals surface area contributed by atoms with Crippen molar-refractivity contribution >= 4 is 43.6 Å². The van der Waals surface area contributed by atoms with Crippen molar-refractivity contribution in [2.75, 3.05) is 0 Å². The Kier molecular flexibility index (Phi) is 4.45. The average molecular weight is 466 g/mol. The predicted octanol–water partition coefficient (Wildman–Crippen LogP) is 8.34. The number of benzene rings is 3. The van der Waals surface area contributed by atoms with Gasteiger partial charge >= 0.3 is 0 Å². The van der Waals surface area contributed by atoms with Crippen LogP contribution in [0.3, 0.4) is 0 Å². The third-order valence-corrected chi connectivity index (χ3v) is 7.12. The van der Waals surface area contributed by atoms with Crippen LogP contribution in [0.15, 0.2) is 89.7 Å². The molecular weight excluding hydrogens is 442 g/mol. The van der Waals surface area contributed by atoms with E-state index in [0.717, 1.165) is 60.7 Å². The first-order chi connectivity index (χ1) is 17.6. The second kappa shape index (κ2) is 7.72. The summed E-state index contributed by atoms with van der Waals surface area (Å²) in [5.74, 6) is 0. The van der Waals surface area contributed by atoms with Gasteiger partial charge in [0.05, 0.1) is 5.69 Å². The lowest BCUT2D eigenvalue weighted by molar-refractivity contribution is 0.672. The van der Waals surface area contributed by atoms with Crippen LogP contribution in [-0.4, -0.2) is 15.0 Å². The van der Waals surface area contributed by atoms with E-state index < -0.39 is 0 Å². The number of para-hydroxylation sites is 1. The van der Waals surface area contributed by atoms with Crippen LogP contribution in [0.25, 0.3) is 66.0 Å². The Labute approximate surface area is 208 Å². The molecule has 4 heterocycles. The molecule has 0 fully saturated rings. The van der Waals surface area contributed by atoms with Crippen molar-refractivity contribution in [1.29, 1.82) is 0 Å². The van der Waals surface area contributed by atoms with E-state index in [1.165, 1.54) is 22.1 Å². The molecule has 0 atom stereocenters. The molecule has 3 aromatic carbocycles. The van der Waals surface area contributed by atoms with Gasteiger partial charge in [0, 0.05) is 51.4 Å². The summed E-state index contributed by atoms with van der Waals surface area (Å²) in [6, 6.07) is 23.4. The van der Waals surface area contributed by atoms with Crippen LogP contribution in [0, 0.1) is 20.8 Å². The number of nitrogens with zero attached hydrogens (tertiary/aromatic N) is 3. The second-order valence-electron chi connectivity index (χ2n) is 9.53. The predicted molar refractivity (Wildman–Crippen MR) is 147 cm³/mol. The Morgan fingerprint density at radius 2 is 1.47 bits per heavy atom. The van der Waals surface area contributed by atoms with Crippen molar-refractivity contribution in [3.8, 4) is 22.4 Å². The van der Waals surface area contributed by atoms with Gasteiger partial charge in [-0.3, -0.25) is 9.97 Å². The third kappa shape index (κ3) is 3.11. The van der Waals surface area contributed by atoms with Crippen LogP contribution in [0.2, 0.25) is 0 Å². The number of fused-ring (bicyclic) bond motifs is 6. The summed E-state index contributed by atoms with van der Waals surface area (Å²) < 4.78 is 6.55. The van der Waals surface area contributed by atoms with E-state index in [9.17, 15) is 0 Å². The minimum Gasteiger partial charge on any atom is -0.453 e. The molecule has 0 N–H and O–H groups in total. The number of aromatic nitrogens is 3. The van der Waals surface area contributed by atoms with E-state index in [1.54, 1.807) is 0 Å². The van der Waals surface area contributed by atoms with Gasteiger partial charge < -0.3 is 4.42 Å². The molecule has 0 radical (unpaired) electrons. The van der Waals surface area contributed by atoms with Gasteiger partial charge in [0.1, 0.15) is 11.1 Å². The van der Waals surface area contributed by atoms with Crippen molar-refractivity contribution in [1.82, 2.24) is 15.0 Å². The standard InChI is InChI=1S/C32H23N3O/c1-18-13-23-17-33-12-11-22(23)14-27(18)28-15-29(34-16-19(28)2)26-6-4-5-24-25-10-9-21-8-7-20(3)35-30(21)32(25)36-31(24)26/h4-17H,1-3H3. The molecule has 0 saturated carbocycles. The van der Waals surface area contributed by atoms with Crippen molar-refractivity contribution in [2.45, 2.75) is 20.8 Å². The van der Waals surface area contributed by atoms with E-state index in [4.69, 9.17) is 14.4 Å². The highest BCUT2D eigenvalue weighted by atomic mass is 16.3. The van der Waals surface area contributed by atoms with Gasteiger partial charge in [0.25, 0.3) is 0 Å². The first-order valence-electron chi connectivity index (χ1n) is 12.1. The Hall–Kier alpha value is -4.57. The summed E-state index contributed by atoms with van der Waals surface area (Å²) in [5, 5.41) is 5.55. The summed E-state index contributed by atoms with van der Waals surface area (Å²) in [7, 11) is 0. The molecule has 0 bridgehead atoms. The molecule has 0 aliphatic rings. The maximum Gasteiger partial charge on any atom is 0.161 e. The van der Waals surface area contributed by atoms with Crippen LogP contribution < -0.4 is 0 Å². The highest BCUT2D eigenvalue weighted by Gasteiger charge is 2.17. The van der Waals surface area contributed by atoms with Crippen molar-refractivity contribution in [3.05, 3.63) is 102 Å². The Morgan fingerprint density at radius 3 is 2.39 bits per heavy atom. The minimum atomic E-state index is 0.824. The topological polar surface area (TPSA) is 51.8 Å². The molecule has 0 spiro atoms. The lowest BCUT2D eigenvalue weighted by Gasteiger charge is -2.13. The van der Waals surface area contributed by atoms with Crippen LogP contribution in [0.4, 0.5) is 0 Å². The molecule has 0 unspecified atom stereocenters. The quantitative estimate of drug-likeness (QED) is 0.257. The second-order valence-corrected chi connectivity index (χ2v) is 9.53. The number of rotatable bonds is 2. The Bertz CT molecular complexity index is 1980. The number of hydrogen-bond acceptors (Lipinski definition) is 4. The largest absolute Gasteiger partial charge is 0.453 e. The summed E-state index contributed by atoms with van der Waals surface area (Å²) >= 11 is 0. The fraction of sp³-hybridized carbons (Fsp3) is 0.0938. The maximum atomic E-state index is 6.55. The zero-order valence-electron chi connectivity index (χ0n) is 20.3. The van der Waals surface area contributed by atoms with Crippen molar-refractivity contribution in [2.24, 2.45) is 0 Å². The van der Waals surface area contributed by atoms with Crippen LogP contribution in [-0.2, 0) is 0 Å². The summed E-state index contributed by atoms with van der Waals surface area (Å²) in [4.78, 5) is 13.9. The molecule has 4 heteroatoms. The first-order valence-corrected chi connectivity index (χ1v) is 12.1. The number of hydrogen-bond donors (Lipinski definition) is 0. The van der Waals surface area contributed by atoms with Crippen LogP contribution in [0.5, 0.6) is 0 Å². The number of aryl methyl sites for hydroxylation is 3. The molecule has 4 aromatic heterocycles. The fourth-order valence-corrected chi connectivity index (χ4v) is 5.24. The molecule has 7 aromatic rings. The van der Waals surface area contributed by atoms with Gasteiger partial charge in [-0.2, -0.15) is 0 Å². The van der Waals surface area contributed by atoms with Gasteiger partial charge in [-0.1, -0.05) is 24.3 Å². The maximum absolute atomic E-state index is 6.55. The summed E-state index contributed by atoms with van der Waals surface area (Å²) in [5.41, 5.74) is 10.1. The molecule has 0 amide bonds. The number of furan rings is 1. The zero-order chi connectivity index (χ0) is 24.4. The van der Waals surface area contributed by atoms with E-state index in [2.05, 4.69) is 79.5 Å². The Morgan fingerprint density at radius 1 is 0.639 bits per heavy atom. The zero-order valence-corrected chi connectivity index (χ0v) is 20.3. The third-order valence-electron chi connectivity index (χ3n) is 7.12. The van der Waals surface area contributed by atoms with Crippen molar-refractivity contribution in [3.63, 3.8) is 0 Å². The van der Waals surface area contributed by atoms with Gasteiger partial charge in [-0.25, -0.2) is 4.98 Å². The fourth-order valence-electron chi connectivity index (χ4n) is 5.24. The molecule has 4 nitrogen and oxygen atoms in total. The lowest BCUT2D eigenvalue weighted by atomic mass is 9.93. The average Bonchev–Trinajstić information content (AvgIpc) is 3.28. The van der Waals surface area contributed by atoms with E-state index in [-0.39, 0.29) is 0 Å². The van der Waals surface area contributed by atoms with E-state index in [1.807, 2.05) is 31.6 Å². The summed E-state index contributed by atoms with van der Waals surface area (Å²) in [6.45, 7) is 6.28. The van der Waals surface area contributed by atoms with Gasteiger partial charge in [-0.15, -0.1) is 0 Å². The number of pyridine rings is 3. The molecule has 7 rings (SSSR count). The molecular formula is C32H23N3O. The highest BCUT2D eigenvalue weighted by Crippen LogP contribution is 2.39. The minimum absolute atomic E-state index is 0.824. The lowest BCUT2D eigenvalue weighted by Crippen LogP contribution is -1.92. The molecule has 36 heavy (non-hydrogen) atoms. The van der Waals surface area contributed by atoms with Crippen LogP contribution >= 0.6 is 0 Å². The Balaban J connectivity index is 1.47.